The lowest BCUT2D eigenvalue weighted by atomic mass is 9.67. The Morgan fingerprint density at radius 2 is 2.20 bits per heavy atom. The molecular weight excluding hydrogens is 258 g/mol. The van der Waals surface area contributed by atoms with Crippen LogP contribution in [-0.4, -0.2) is 17.4 Å². The zero-order chi connectivity index (χ0) is 14.8. The van der Waals surface area contributed by atoms with Gasteiger partial charge in [0, 0.05) is 18.2 Å². The minimum Gasteiger partial charge on any atom is -0.393 e. The Morgan fingerprint density at radius 3 is 2.70 bits per heavy atom. The first-order valence-electron chi connectivity index (χ1n) is 6.79. The highest BCUT2D eigenvalue weighted by Gasteiger charge is 2.35. The van der Waals surface area contributed by atoms with Crippen LogP contribution in [0.25, 0.3) is 0 Å². The molecule has 3 N–H and O–H groups in total. The van der Waals surface area contributed by atoms with E-state index in [0.29, 0.717) is 6.54 Å². The van der Waals surface area contributed by atoms with Crippen molar-refractivity contribution in [2.24, 2.45) is 5.41 Å². The Balaban J connectivity index is 2.06. The van der Waals surface area contributed by atoms with Gasteiger partial charge in [0.1, 0.15) is 5.69 Å². The smallest absolute Gasteiger partial charge is 0.292 e. The summed E-state index contributed by atoms with van der Waals surface area (Å²) in [6, 6.07) is 4.13. The van der Waals surface area contributed by atoms with E-state index in [1.165, 1.54) is 24.6 Å². The van der Waals surface area contributed by atoms with Gasteiger partial charge in [-0.25, -0.2) is 0 Å². The Kier molecular flexibility index (Phi) is 3.92. The molecule has 0 spiro atoms. The maximum absolute atomic E-state index is 12.1. The van der Waals surface area contributed by atoms with E-state index in [2.05, 4.69) is 12.2 Å². The number of nitro groups is 1. The molecule has 0 heterocycles. The molecule has 1 aliphatic carbocycles. The number of carbonyl (C=O) groups is 1. The number of hydrogen-bond donors (Lipinski definition) is 2. The number of nitrogens with two attached hydrogens (primary N) is 1. The van der Waals surface area contributed by atoms with Gasteiger partial charge in [0.05, 0.1) is 4.92 Å². The van der Waals surface area contributed by atoms with Gasteiger partial charge in [0.2, 0.25) is 0 Å². The Hall–Kier alpha value is -2.11. The van der Waals surface area contributed by atoms with Crippen molar-refractivity contribution in [2.75, 3.05) is 12.3 Å². The number of nitro benzene ring substituents is 1. The van der Waals surface area contributed by atoms with Gasteiger partial charge in [-0.3, -0.25) is 14.9 Å². The first kappa shape index (κ1) is 14.3. The molecule has 0 aromatic heterocycles. The second-order valence-electron chi connectivity index (χ2n) is 5.42. The molecule has 1 aliphatic rings. The first-order chi connectivity index (χ1) is 9.47. The van der Waals surface area contributed by atoms with Crippen LogP contribution < -0.4 is 11.1 Å². The number of nitrogen functional groups attached to an aromatic ring is 1. The van der Waals surface area contributed by atoms with Crippen molar-refractivity contribution in [3.05, 3.63) is 33.9 Å². The van der Waals surface area contributed by atoms with Crippen LogP contribution in [0.1, 0.15) is 43.0 Å². The second kappa shape index (κ2) is 5.48. The number of benzene rings is 1. The van der Waals surface area contributed by atoms with Gasteiger partial charge in [-0.05, 0) is 36.8 Å². The molecule has 2 rings (SSSR count). The third-order valence-corrected chi connectivity index (χ3v) is 4.28. The van der Waals surface area contributed by atoms with Crippen molar-refractivity contribution in [3.63, 3.8) is 0 Å². The fourth-order valence-electron chi connectivity index (χ4n) is 2.54. The summed E-state index contributed by atoms with van der Waals surface area (Å²) < 4.78 is 0. The molecule has 1 saturated carbocycles. The number of nitrogens with zero attached hydrogens (tertiary/aromatic N) is 1. The van der Waals surface area contributed by atoms with Gasteiger partial charge in [0.25, 0.3) is 11.6 Å². The molecule has 1 aromatic rings. The fraction of sp³-hybridized carbons (Fsp3) is 0.500. The summed E-state index contributed by atoms with van der Waals surface area (Å²) in [4.78, 5) is 22.3. The van der Waals surface area contributed by atoms with Crippen LogP contribution in [0.15, 0.2) is 18.2 Å². The quantitative estimate of drug-likeness (QED) is 0.490. The number of carbonyl (C=O) groups excluding carboxylic acids is 1. The highest BCUT2D eigenvalue weighted by atomic mass is 16.6. The first-order valence-corrected chi connectivity index (χ1v) is 6.79. The van der Waals surface area contributed by atoms with Gasteiger partial charge in [-0.1, -0.05) is 13.3 Å². The van der Waals surface area contributed by atoms with Crippen LogP contribution in [-0.2, 0) is 0 Å². The lowest BCUT2D eigenvalue weighted by Gasteiger charge is -2.41. The number of rotatable bonds is 5. The topological polar surface area (TPSA) is 98.3 Å². The van der Waals surface area contributed by atoms with Gasteiger partial charge < -0.3 is 11.1 Å². The van der Waals surface area contributed by atoms with Crippen LogP contribution in [0.3, 0.4) is 0 Å². The molecular formula is C14H19N3O3. The Labute approximate surface area is 117 Å². The van der Waals surface area contributed by atoms with Crippen LogP contribution in [0, 0.1) is 15.5 Å². The third kappa shape index (κ3) is 2.74. The molecule has 0 unspecified atom stereocenters. The average molecular weight is 277 g/mol. The van der Waals surface area contributed by atoms with Gasteiger partial charge in [-0.2, -0.15) is 0 Å². The number of amides is 1. The van der Waals surface area contributed by atoms with Crippen molar-refractivity contribution in [3.8, 4) is 0 Å². The molecule has 0 atom stereocenters. The number of hydrogen-bond acceptors (Lipinski definition) is 4. The van der Waals surface area contributed by atoms with E-state index in [1.54, 1.807) is 0 Å². The van der Waals surface area contributed by atoms with E-state index in [9.17, 15) is 14.9 Å². The minimum absolute atomic E-state index is 0.0653. The van der Waals surface area contributed by atoms with Crippen molar-refractivity contribution in [2.45, 2.75) is 32.6 Å². The lowest BCUT2D eigenvalue weighted by Crippen LogP contribution is -2.41. The number of nitrogens with one attached hydrogen (secondary N) is 1. The van der Waals surface area contributed by atoms with E-state index in [-0.39, 0.29) is 28.3 Å². The molecule has 0 saturated heterocycles. The van der Waals surface area contributed by atoms with E-state index >= 15 is 0 Å². The number of anilines is 1. The summed E-state index contributed by atoms with van der Waals surface area (Å²) in [5, 5.41) is 13.7. The summed E-state index contributed by atoms with van der Waals surface area (Å²) in [7, 11) is 0. The van der Waals surface area contributed by atoms with E-state index in [1.807, 2.05) is 0 Å². The van der Waals surface area contributed by atoms with Crippen LogP contribution in [0.4, 0.5) is 11.4 Å². The van der Waals surface area contributed by atoms with E-state index in [0.717, 1.165) is 19.3 Å². The zero-order valence-electron chi connectivity index (χ0n) is 11.5. The maximum atomic E-state index is 12.1. The summed E-state index contributed by atoms with van der Waals surface area (Å²) in [6.45, 7) is 2.75. The molecule has 6 heteroatoms. The van der Waals surface area contributed by atoms with Crippen molar-refractivity contribution in [1.82, 2.24) is 5.32 Å². The molecule has 6 nitrogen and oxygen atoms in total. The monoisotopic (exact) mass is 277 g/mol. The van der Waals surface area contributed by atoms with Crippen LogP contribution in [0.5, 0.6) is 0 Å². The summed E-state index contributed by atoms with van der Waals surface area (Å²) in [5.41, 5.74) is 5.84. The van der Waals surface area contributed by atoms with E-state index in [4.69, 9.17) is 5.73 Å². The van der Waals surface area contributed by atoms with Crippen molar-refractivity contribution in [1.29, 1.82) is 0 Å². The Morgan fingerprint density at radius 1 is 1.50 bits per heavy atom. The largest absolute Gasteiger partial charge is 0.393 e. The van der Waals surface area contributed by atoms with Crippen LogP contribution in [0.2, 0.25) is 0 Å². The molecule has 1 amide bonds. The molecule has 108 valence electrons. The molecule has 0 radical (unpaired) electrons. The highest BCUT2D eigenvalue weighted by molar-refractivity contribution is 5.95. The minimum atomic E-state index is -0.578. The zero-order valence-corrected chi connectivity index (χ0v) is 11.5. The summed E-state index contributed by atoms with van der Waals surface area (Å²) >= 11 is 0. The van der Waals surface area contributed by atoms with E-state index < -0.39 is 4.92 Å². The predicted octanol–water partition coefficient (Wildman–Crippen LogP) is 2.49. The fourth-order valence-corrected chi connectivity index (χ4v) is 2.54. The summed E-state index contributed by atoms with van der Waals surface area (Å²) in [5.74, 6) is -0.284. The second-order valence-corrected chi connectivity index (χ2v) is 5.42. The van der Waals surface area contributed by atoms with Gasteiger partial charge in [-0.15, -0.1) is 0 Å². The lowest BCUT2D eigenvalue weighted by molar-refractivity contribution is -0.383. The predicted molar refractivity (Wildman–Crippen MR) is 76.4 cm³/mol. The van der Waals surface area contributed by atoms with Crippen molar-refractivity contribution < 1.29 is 9.72 Å². The van der Waals surface area contributed by atoms with Crippen LogP contribution >= 0.6 is 0 Å². The third-order valence-electron chi connectivity index (χ3n) is 4.28. The SMILES string of the molecule is CCC1(CNC(=O)c2ccc(N)c([N+](=O)[O-])c2)CCC1. The van der Waals surface area contributed by atoms with Gasteiger partial charge in [0.15, 0.2) is 0 Å². The summed E-state index contributed by atoms with van der Waals surface area (Å²) in [6.07, 6.45) is 4.50. The van der Waals surface area contributed by atoms with Gasteiger partial charge >= 0.3 is 0 Å². The normalized spacial score (nSPS) is 16.2. The highest BCUT2D eigenvalue weighted by Crippen LogP contribution is 2.43. The molecule has 0 aliphatic heterocycles. The maximum Gasteiger partial charge on any atom is 0.292 e. The molecule has 0 bridgehead atoms. The average Bonchev–Trinajstić information content (AvgIpc) is 2.38. The molecule has 1 aromatic carbocycles. The molecule has 20 heavy (non-hydrogen) atoms. The molecule has 1 fully saturated rings. The van der Waals surface area contributed by atoms with Crippen molar-refractivity contribution >= 4 is 17.3 Å². The standard InChI is InChI=1S/C14H19N3O3/c1-2-14(6-3-7-14)9-16-13(18)10-4-5-11(15)12(8-10)17(19)20/h4-5,8H,2-3,6-7,9,15H2,1H3,(H,16,18). The Bertz CT molecular complexity index is 533.